The summed E-state index contributed by atoms with van der Waals surface area (Å²) in [5.41, 5.74) is 0. The molecule has 1 saturated heterocycles. The van der Waals surface area contributed by atoms with Crippen molar-refractivity contribution < 1.29 is 8.42 Å². The Morgan fingerprint density at radius 3 is 3.00 bits per heavy atom. The van der Waals surface area contributed by atoms with E-state index in [0.29, 0.717) is 25.5 Å². The molecule has 1 aliphatic rings. The summed E-state index contributed by atoms with van der Waals surface area (Å²) < 4.78 is 28.1. The summed E-state index contributed by atoms with van der Waals surface area (Å²) in [6, 6.07) is 4.03. The van der Waals surface area contributed by atoms with E-state index in [1.807, 2.05) is 17.5 Å². The van der Waals surface area contributed by atoms with Crippen molar-refractivity contribution in [2.45, 2.75) is 19.3 Å². The number of thiophene rings is 1. The average molecular weight is 337 g/mol. The zero-order valence-corrected chi connectivity index (χ0v) is 14.1. The number of rotatable bonds is 6. The highest BCUT2D eigenvalue weighted by Gasteiger charge is 2.31. The van der Waals surface area contributed by atoms with Crippen molar-refractivity contribution in [1.29, 1.82) is 0 Å². The van der Waals surface area contributed by atoms with Crippen LogP contribution < -0.4 is 0 Å². The molecule has 0 aromatic carbocycles. The van der Waals surface area contributed by atoms with Gasteiger partial charge in [-0.05, 0) is 36.6 Å². The lowest BCUT2D eigenvalue weighted by Crippen LogP contribution is -2.47. The second-order valence-electron chi connectivity index (χ2n) is 5.18. The van der Waals surface area contributed by atoms with Gasteiger partial charge in [0.2, 0.25) is 0 Å². The Morgan fingerprint density at radius 1 is 1.55 bits per heavy atom. The van der Waals surface area contributed by atoms with Crippen molar-refractivity contribution >= 4 is 33.1 Å². The molecule has 0 saturated carbocycles. The summed E-state index contributed by atoms with van der Waals surface area (Å²) in [6.07, 6.45) is 2.68. The minimum absolute atomic E-state index is 0.283. The zero-order valence-electron chi connectivity index (χ0n) is 11.7. The number of nitrogens with zero attached hydrogens (tertiary/aromatic N) is 2. The second kappa shape index (κ2) is 7.22. The molecule has 114 valence electrons. The highest BCUT2D eigenvalue weighted by molar-refractivity contribution is 7.86. The molecule has 0 spiro atoms. The normalized spacial score (nSPS) is 21.4. The number of hydrogen-bond donors (Lipinski definition) is 0. The van der Waals surface area contributed by atoms with E-state index in [9.17, 15) is 8.42 Å². The van der Waals surface area contributed by atoms with Gasteiger partial charge in [0.05, 0.1) is 0 Å². The van der Waals surface area contributed by atoms with Gasteiger partial charge in [-0.15, -0.1) is 22.9 Å². The first-order valence-corrected chi connectivity index (χ1v) is 9.65. The summed E-state index contributed by atoms with van der Waals surface area (Å²) in [4.78, 5) is 1.21. The Labute approximate surface area is 130 Å². The lowest BCUT2D eigenvalue weighted by Gasteiger charge is -2.33. The molecule has 0 N–H and O–H groups in total. The number of alkyl halides is 1. The van der Waals surface area contributed by atoms with Gasteiger partial charge in [0.1, 0.15) is 0 Å². The van der Waals surface area contributed by atoms with E-state index in [0.717, 1.165) is 19.3 Å². The molecular formula is C13H21ClN2O2S2. The van der Waals surface area contributed by atoms with Crippen molar-refractivity contribution in [2.75, 3.05) is 32.6 Å². The lowest BCUT2D eigenvalue weighted by molar-refractivity contribution is 0.266. The van der Waals surface area contributed by atoms with Crippen molar-refractivity contribution in [2.24, 2.45) is 5.92 Å². The fraction of sp³-hybridized carbons (Fsp3) is 0.692. The molecule has 2 heterocycles. The van der Waals surface area contributed by atoms with Crippen LogP contribution in [0.1, 0.15) is 17.7 Å². The van der Waals surface area contributed by atoms with Crippen LogP contribution in [-0.4, -0.2) is 49.6 Å². The van der Waals surface area contributed by atoms with Gasteiger partial charge >= 0.3 is 0 Å². The quantitative estimate of drug-likeness (QED) is 0.748. The monoisotopic (exact) mass is 336 g/mol. The van der Waals surface area contributed by atoms with Crippen molar-refractivity contribution in [1.82, 2.24) is 8.61 Å². The second-order valence-corrected chi connectivity index (χ2v) is 8.56. The van der Waals surface area contributed by atoms with Crippen LogP contribution in [0.3, 0.4) is 0 Å². The Bertz CT molecular complexity index is 504. The van der Waals surface area contributed by atoms with Crippen LogP contribution in [0.25, 0.3) is 0 Å². The molecule has 1 atom stereocenters. The molecule has 0 amide bonds. The van der Waals surface area contributed by atoms with Crippen LogP contribution in [0.5, 0.6) is 0 Å². The molecule has 1 aromatic heterocycles. The molecule has 20 heavy (non-hydrogen) atoms. The summed E-state index contributed by atoms with van der Waals surface area (Å²) >= 11 is 7.53. The highest BCUT2D eigenvalue weighted by Crippen LogP contribution is 2.21. The third-order valence-corrected chi connectivity index (χ3v) is 7.00. The van der Waals surface area contributed by atoms with E-state index >= 15 is 0 Å². The third kappa shape index (κ3) is 3.95. The maximum absolute atomic E-state index is 12.5. The van der Waals surface area contributed by atoms with Gasteiger partial charge in [-0.1, -0.05) is 6.07 Å². The van der Waals surface area contributed by atoms with Crippen LogP contribution in [0, 0.1) is 5.92 Å². The Hall–Kier alpha value is -0.140. The summed E-state index contributed by atoms with van der Waals surface area (Å²) in [7, 11) is -1.69. The van der Waals surface area contributed by atoms with E-state index in [1.54, 1.807) is 22.7 Å². The van der Waals surface area contributed by atoms with Gasteiger partial charge < -0.3 is 0 Å². The molecule has 7 heteroatoms. The smallest absolute Gasteiger partial charge is 0.195 e. The summed E-state index contributed by atoms with van der Waals surface area (Å²) in [5, 5.41) is 2.01. The van der Waals surface area contributed by atoms with Crippen LogP contribution in [-0.2, 0) is 16.6 Å². The predicted molar refractivity (Wildman–Crippen MR) is 84.6 cm³/mol. The molecule has 4 nitrogen and oxygen atoms in total. The maximum Gasteiger partial charge on any atom is 0.281 e. The zero-order chi connectivity index (χ0) is 14.6. The van der Waals surface area contributed by atoms with Gasteiger partial charge in [-0.3, -0.25) is 0 Å². The fourth-order valence-corrected chi connectivity index (χ4v) is 4.82. The molecule has 0 radical (unpaired) electrons. The molecule has 1 aliphatic heterocycles. The first kappa shape index (κ1) is 16.2. The van der Waals surface area contributed by atoms with E-state index in [1.165, 1.54) is 9.18 Å². The first-order valence-electron chi connectivity index (χ1n) is 6.84. The average Bonchev–Trinajstić information content (AvgIpc) is 2.98. The molecule has 1 fully saturated rings. The Morgan fingerprint density at radius 2 is 2.35 bits per heavy atom. The lowest BCUT2D eigenvalue weighted by atomic mass is 10.0. The molecule has 0 aliphatic carbocycles. The largest absolute Gasteiger partial charge is 0.281 e. The standard InChI is InChI=1S/C13H21ClN2O2S2/c1-15(8-6-13-5-3-9-19-13)20(17,18)16-7-2-4-12(10-14)11-16/h3,5,9,12H,2,4,6-8,10-11H2,1H3. The van der Waals surface area contributed by atoms with E-state index in [-0.39, 0.29) is 5.92 Å². The van der Waals surface area contributed by atoms with E-state index in [4.69, 9.17) is 11.6 Å². The van der Waals surface area contributed by atoms with Crippen LogP contribution >= 0.6 is 22.9 Å². The fourth-order valence-electron chi connectivity index (χ4n) is 2.40. The van der Waals surface area contributed by atoms with Crippen LogP contribution in [0.2, 0.25) is 0 Å². The number of likely N-dealkylation sites (N-methyl/N-ethyl adjacent to an activating group) is 1. The van der Waals surface area contributed by atoms with Crippen molar-refractivity contribution in [3.8, 4) is 0 Å². The summed E-state index contributed by atoms with van der Waals surface area (Å²) in [6.45, 7) is 1.68. The van der Waals surface area contributed by atoms with Crippen molar-refractivity contribution in [3.05, 3.63) is 22.4 Å². The van der Waals surface area contributed by atoms with Gasteiger partial charge in [0, 0.05) is 37.4 Å². The Balaban J connectivity index is 1.94. The number of hydrogen-bond acceptors (Lipinski definition) is 3. The summed E-state index contributed by atoms with van der Waals surface area (Å²) in [5.74, 6) is 0.816. The molecule has 2 rings (SSSR count). The minimum Gasteiger partial charge on any atom is -0.195 e. The van der Waals surface area contributed by atoms with Crippen molar-refractivity contribution in [3.63, 3.8) is 0 Å². The van der Waals surface area contributed by atoms with E-state index < -0.39 is 10.2 Å². The predicted octanol–water partition coefficient (Wildman–Crippen LogP) is 2.42. The topological polar surface area (TPSA) is 40.6 Å². The number of halogens is 1. The number of piperidine rings is 1. The first-order chi connectivity index (χ1) is 9.54. The van der Waals surface area contributed by atoms with Gasteiger partial charge in [0.25, 0.3) is 10.2 Å². The minimum atomic E-state index is -3.35. The third-order valence-electron chi connectivity index (χ3n) is 3.67. The van der Waals surface area contributed by atoms with E-state index in [2.05, 4.69) is 0 Å². The molecular weight excluding hydrogens is 316 g/mol. The van der Waals surface area contributed by atoms with Gasteiger partial charge in [0.15, 0.2) is 0 Å². The maximum atomic E-state index is 12.5. The molecule has 1 unspecified atom stereocenters. The van der Waals surface area contributed by atoms with Gasteiger partial charge in [-0.25, -0.2) is 0 Å². The molecule has 0 bridgehead atoms. The Kier molecular flexibility index (Phi) is 5.86. The highest BCUT2D eigenvalue weighted by atomic mass is 35.5. The van der Waals surface area contributed by atoms with Crippen LogP contribution in [0.15, 0.2) is 17.5 Å². The SMILES string of the molecule is CN(CCc1cccs1)S(=O)(=O)N1CCCC(CCl)C1. The van der Waals surface area contributed by atoms with Crippen LogP contribution in [0.4, 0.5) is 0 Å². The van der Waals surface area contributed by atoms with Gasteiger partial charge in [-0.2, -0.15) is 17.0 Å². The molecule has 1 aromatic rings.